The average Bonchev–Trinajstić information content (AvgIpc) is 3.47. The molecule has 2 aliphatic carbocycles. The van der Waals surface area contributed by atoms with Crippen molar-refractivity contribution in [3.8, 4) is 0 Å². The molecule has 1 fully saturated rings. The largest absolute Gasteiger partial charge is 0.390 e. The van der Waals surface area contributed by atoms with Crippen LogP contribution in [0.1, 0.15) is 41.6 Å². The van der Waals surface area contributed by atoms with Gasteiger partial charge in [0.1, 0.15) is 5.52 Å². The molecule has 3 aromatic rings. The molecule has 1 aromatic carbocycles. The second kappa shape index (κ2) is 10.4. The SMILES string of the molecule is O=P(O)(O)CP(=O)(O)OC[C@H]1C[C@@H](c2ccc3c(N[C@@H]4CCc5cc(Cl)ccc54)nc(Cl)nn23)[C@H](O)[C@@H]1O. The molecule has 0 radical (unpaired) electrons. The normalized spacial score (nSPS) is 27.0. The molecule has 1 saturated carbocycles. The fraction of sp³-hybridized carbons (Fsp3) is 0.455. The smallest absolute Gasteiger partial charge is 0.340 e. The summed E-state index contributed by atoms with van der Waals surface area (Å²) in [5.41, 5.74) is 3.43. The zero-order valence-corrected chi connectivity index (χ0v) is 23.1. The van der Waals surface area contributed by atoms with Crippen molar-refractivity contribution in [2.75, 3.05) is 17.8 Å². The first kappa shape index (κ1) is 28.0. The third-order valence-electron chi connectivity index (χ3n) is 7.04. The van der Waals surface area contributed by atoms with Crippen LogP contribution >= 0.6 is 38.4 Å². The molecule has 6 N–H and O–H groups in total. The summed E-state index contributed by atoms with van der Waals surface area (Å²) in [6.07, 6.45) is -0.705. The van der Waals surface area contributed by atoms with E-state index in [9.17, 15) is 24.2 Å². The van der Waals surface area contributed by atoms with Crippen molar-refractivity contribution in [3.63, 3.8) is 0 Å². The van der Waals surface area contributed by atoms with Gasteiger partial charge < -0.3 is 34.7 Å². The number of anilines is 1. The van der Waals surface area contributed by atoms with E-state index < -0.39 is 51.7 Å². The van der Waals surface area contributed by atoms with Gasteiger partial charge in [-0.05, 0) is 66.3 Å². The van der Waals surface area contributed by atoms with E-state index in [1.165, 1.54) is 0 Å². The van der Waals surface area contributed by atoms with Crippen molar-refractivity contribution >= 4 is 49.7 Å². The van der Waals surface area contributed by atoms with E-state index in [4.69, 9.17) is 37.5 Å². The molecule has 5 rings (SSSR count). The van der Waals surface area contributed by atoms with Gasteiger partial charge in [-0.2, -0.15) is 4.98 Å². The van der Waals surface area contributed by atoms with E-state index in [-0.39, 0.29) is 17.7 Å². The number of benzene rings is 1. The predicted molar refractivity (Wildman–Crippen MR) is 140 cm³/mol. The third kappa shape index (κ3) is 5.81. The summed E-state index contributed by atoms with van der Waals surface area (Å²) in [4.78, 5) is 32.1. The Labute approximate surface area is 227 Å². The lowest BCUT2D eigenvalue weighted by Gasteiger charge is -2.19. The predicted octanol–water partition coefficient (Wildman–Crippen LogP) is 3.30. The number of rotatable bonds is 8. The van der Waals surface area contributed by atoms with Crippen LogP contribution in [0.2, 0.25) is 10.3 Å². The van der Waals surface area contributed by atoms with E-state index in [0.29, 0.717) is 22.1 Å². The molecule has 6 atom stereocenters. The van der Waals surface area contributed by atoms with Crippen LogP contribution in [0.25, 0.3) is 5.52 Å². The van der Waals surface area contributed by atoms with Crippen LogP contribution in [0, 0.1) is 5.92 Å². The number of fused-ring (bicyclic) bond motifs is 2. The van der Waals surface area contributed by atoms with Crippen molar-refractivity contribution in [2.45, 2.75) is 43.4 Å². The molecule has 0 aliphatic heterocycles. The Morgan fingerprint density at radius 1 is 1.11 bits per heavy atom. The number of nitrogens with zero attached hydrogens (tertiary/aromatic N) is 3. The number of aliphatic hydroxyl groups excluding tert-OH is 2. The quantitative estimate of drug-likeness (QED) is 0.206. The first-order valence-corrected chi connectivity index (χ1v) is 16.1. The average molecular weight is 607 g/mol. The molecule has 0 saturated heterocycles. The number of hydrogen-bond acceptors (Lipinski definition) is 8. The molecule has 1 unspecified atom stereocenters. The standard InChI is InChI=1S/C22H26Cl2N4O8P2/c23-13-2-3-14-11(7-13)1-4-16(14)25-21-18-6-5-17(28(18)27-22(24)26-21)15-8-12(19(29)20(15)30)9-36-38(34,35)10-37(31,32)33/h2-3,5-7,12,15-16,19-20,29-30H,1,4,8-10H2,(H,34,35)(H,25,26,27)(H2,31,32,33)/t12-,15+,16-,19-,20+/m1/s1. The summed E-state index contributed by atoms with van der Waals surface area (Å²) < 4.78 is 29.5. The fourth-order valence-electron chi connectivity index (χ4n) is 5.35. The molecule has 206 valence electrons. The van der Waals surface area contributed by atoms with E-state index in [1.807, 2.05) is 18.2 Å². The second-order valence-electron chi connectivity index (χ2n) is 9.69. The van der Waals surface area contributed by atoms with Gasteiger partial charge in [-0.3, -0.25) is 9.13 Å². The van der Waals surface area contributed by atoms with Gasteiger partial charge in [-0.25, -0.2) is 4.52 Å². The maximum absolute atomic E-state index is 12.0. The zero-order valence-electron chi connectivity index (χ0n) is 19.8. The van der Waals surface area contributed by atoms with Gasteiger partial charge in [-0.1, -0.05) is 17.7 Å². The van der Waals surface area contributed by atoms with Gasteiger partial charge in [0.15, 0.2) is 11.7 Å². The minimum absolute atomic E-state index is 0.0156. The van der Waals surface area contributed by atoms with Crippen molar-refractivity contribution in [1.29, 1.82) is 0 Å². The van der Waals surface area contributed by atoms with Crippen LogP contribution in [0.5, 0.6) is 0 Å². The molecule has 0 bridgehead atoms. The van der Waals surface area contributed by atoms with Gasteiger partial charge in [0, 0.05) is 22.6 Å². The Kier molecular flexibility index (Phi) is 7.69. The minimum atomic E-state index is -4.79. The molecule has 2 aliphatic rings. The molecule has 38 heavy (non-hydrogen) atoms. The number of aryl methyl sites for hydroxylation is 1. The van der Waals surface area contributed by atoms with Gasteiger partial charge in [0.05, 0.1) is 24.9 Å². The van der Waals surface area contributed by atoms with Crippen LogP contribution in [0.15, 0.2) is 30.3 Å². The molecular formula is C22H26Cl2N4O8P2. The number of hydrogen-bond donors (Lipinski definition) is 6. The number of aliphatic hydroxyl groups is 2. The highest BCUT2D eigenvalue weighted by molar-refractivity contribution is 7.70. The minimum Gasteiger partial charge on any atom is -0.390 e. The fourth-order valence-corrected chi connectivity index (χ4v) is 8.32. The first-order valence-electron chi connectivity index (χ1n) is 11.8. The molecule has 12 nitrogen and oxygen atoms in total. The highest BCUT2D eigenvalue weighted by Gasteiger charge is 2.45. The summed E-state index contributed by atoms with van der Waals surface area (Å²) in [6, 6.07) is 9.27. The Balaban J connectivity index is 1.37. The molecule has 16 heteroatoms. The van der Waals surface area contributed by atoms with Gasteiger partial charge in [-0.15, -0.1) is 5.10 Å². The number of aromatic nitrogens is 3. The molecule has 0 amide bonds. The number of nitrogens with one attached hydrogen (secondary N) is 1. The summed E-state index contributed by atoms with van der Waals surface area (Å²) in [7, 11) is -9.39. The van der Waals surface area contributed by atoms with Gasteiger partial charge >= 0.3 is 15.2 Å². The Morgan fingerprint density at radius 2 is 1.87 bits per heavy atom. The lowest BCUT2D eigenvalue weighted by atomic mass is 10.0. The first-order chi connectivity index (χ1) is 17.8. The monoisotopic (exact) mass is 606 g/mol. The van der Waals surface area contributed by atoms with E-state index in [0.717, 1.165) is 24.0 Å². The lowest BCUT2D eigenvalue weighted by molar-refractivity contribution is 0.00366. The van der Waals surface area contributed by atoms with Crippen LogP contribution in [0.4, 0.5) is 5.82 Å². The van der Waals surface area contributed by atoms with E-state index >= 15 is 0 Å². The van der Waals surface area contributed by atoms with Crippen molar-refractivity contribution in [2.24, 2.45) is 5.92 Å². The van der Waals surface area contributed by atoms with Crippen LogP contribution in [0.3, 0.4) is 0 Å². The molecular weight excluding hydrogens is 581 g/mol. The molecule has 2 heterocycles. The number of halogens is 2. The highest BCUT2D eigenvalue weighted by atomic mass is 35.5. The van der Waals surface area contributed by atoms with Crippen LogP contribution in [-0.2, 0) is 20.1 Å². The van der Waals surface area contributed by atoms with E-state index in [2.05, 4.69) is 15.4 Å². The summed E-state index contributed by atoms with van der Waals surface area (Å²) in [5.74, 6) is -2.23. The van der Waals surface area contributed by atoms with Crippen molar-refractivity contribution in [1.82, 2.24) is 14.6 Å². The van der Waals surface area contributed by atoms with Gasteiger partial charge in [0.25, 0.3) is 0 Å². The lowest BCUT2D eigenvalue weighted by Crippen LogP contribution is -2.29. The van der Waals surface area contributed by atoms with E-state index in [1.54, 1.807) is 16.6 Å². The maximum Gasteiger partial charge on any atom is 0.340 e. The summed E-state index contributed by atoms with van der Waals surface area (Å²) in [6.45, 7) is -0.473. The summed E-state index contributed by atoms with van der Waals surface area (Å²) in [5, 5.41) is 29.8. The molecule has 2 aromatic heterocycles. The molecule has 0 spiro atoms. The Hall–Kier alpha value is -1.56. The van der Waals surface area contributed by atoms with Gasteiger partial charge in [0.2, 0.25) is 5.28 Å². The highest BCUT2D eigenvalue weighted by Crippen LogP contribution is 2.56. The Morgan fingerprint density at radius 3 is 2.61 bits per heavy atom. The zero-order chi connectivity index (χ0) is 27.4. The maximum atomic E-state index is 12.0. The third-order valence-corrected chi connectivity index (χ3v) is 10.9. The Bertz CT molecular complexity index is 1470. The van der Waals surface area contributed by atoms with Crippen LogP contribution < -0.4 is 5.32 Å². The second-order valence-corrected chi connectivity index (χ2v) is 14.5. The van der Waals surface area contributed by atoms with Crippen molar-refractivity contribution in [3.05, 3.63) is 57.5 Å². The van der Waals surface area contributed by atoms with Crippen LogP contribution in [-0.4, -0.2) is 64.2 Å². The summed E-state index contributed by atoms with van der Waals surface area (Å²) >= 11 is 12.4. The topological polar surface area (TPSA) is 187 Å². The van der Waals surface area contributed by atoms with Crippen molar-refractivity contribution < 1.29 is 38.5 Å².